The number of H-pyrrole nitrogens is 1. The van der Waals surface area contributed by atoms with Crippen molar-refractivity contribution in [3.63, 3.8) is 0 Å². The van der Waals surface area contributed by atoms with E-state index in [4.69, 9.17) is 11.6 Å². The molecule has 0 atom stereocenters. The lowest BCUT2D eigenvalue weighted by atomic mass is 10.2. The molecule has 0 aliphatic carbocycles. The minimum absolute atomic E-state index is 0.784. The van der Waals surface area contributed by atoms with Gasteiger partial charge in [0.05, 0.1) is 0 Å². The number of hydrogen-bond donors (Lipinski definition) is 2. The smallest absolute Gasteiger partial charge is 0.0457 e. The topological polar surface area (TPSA) is 27.8 Å². The normalized spacial score (nSPS) is 11.0. The molecule has 0 radical (unpaired) electrons. The third kappa shape index (κ3) is 1.91. The van der Waals surface area contributed by atoms with Crippen molar-refractivity contribution in [3.8, 4) is 0 Å². The summed E-state index contributed by atoms with van der Waals surface area (Å²) in [6, 6.07) is 8.01. The summed E-state index contributed by atoms with van der Waals surface area (Å²) >= 11 is 5.90. The monoisotopic (exact) mass is 208 g/mol. The van der Waals surface area contributed by atoms with Crippen LogP contribution in [-0.2, 0) is 6.54 Å². The summed E-state index contributed by atoms with van der Waals surface area (Å²) in [5, 5.41) is 5.23. The minimum atomic E-state index is 0.784. The SMILES string of the molecule is CCNCc1cc2cc(Cl)ccc2[nH]1. The molecule has 0 amide bonds. The summed E-state index contributed by atoms with van der Waals surface area (Å²) in [6.07, 6.45) is 0. The van der Waals surface area contributed by atoms with Gasteiger partial charge in [0.1, 0.15) is 0 Å². The van der Waals surface area contributed by atoms with E-state index in [1.54, 1.807) is 0 Å². The number of aromatic nitrogens is 1. The second-order valence-electron chi connectivity index (χ2n) is 3.31. The molecule has 0 saturated carbocycles. The van der Waals surface area contributed by atoms with Gasteiger partial charge in [0, 0.05) is 28.2 Å². The van der Waals surface area contributed by atoms with Gasteiger partial charge in [-0.3, -0.25) is 0 Å². The minimum Gasteiger partial charge on any atom is -0.357 e. The van der Waals surface area contributed by atoms with Crippen molar-refractivity contribution >= 4 is 22.5 Å². The van der Waals surface area contributed by atoms with Gasteiger partial charge in [-0.25, -0.2) is 0 Å². The lowest BCUT2D eigenvalue weighted by molar-refractivity contribution is 0.715. The number of nitrogens with one attached hydrogen (secondary N) is 2. The maximum Gasteiger partial charge on any atom is 0.0457 e. The Morgan fingerprint density at radius 2 is 2.21 bits per heavy atom. The highest BCUT2D eigenvalue weighted by molar-refractivity contribution is 6.31. The third-order valence-electron chi connectivity index (χ3n) is 2.20. The molecular weight excluding hydrogens is 196 g/mol. The summed E-state index contributed by atoms with van der Waals surface area (Å²) in [5.74, 6) is 0. The van der Waals surface area contributed by atoms with Crippen LogP contribution in [-0.4, -0.2) is 11.5 Å². The molecule has 0 bridgehead atoms. The first-order valence-electron chi connectivity index (χ1n) is 4.77. The fraction of sp³-hybridized carbons (Fsp3) is 0.273. The van der Waals surface area contributed by atoms with Crippen LogP contribution in [0.15, 0.2) is 24.3 Å². The zero-order chi connectivity index (χ0) is 9.97. The van der Waals surface area contributed by atoms with Crippen molar-refractivity contribution in [1.82, 2.24) is 10.3 Å². The number of rotatable bonds is 3. The van der Waals surface area contributed by atoms with E-state index in [9.17, 15) is 0 Å². The Balaban J connectivity index is 2.32. The molecule has 0 fully saturated rings. The van der Waals surface area contributed by atoms with E-state index < -0.39 is 0 Å². The Morgan fingerprint density at radius 3 is 3.00 bits per heavy atom. The van der Waals surface area contributed by atoms with Crippen molar-refractivity contribution < 1.29 is 0 Å². The van der Waals surface area contributed by atoms with E-state index in [0.717, 1.165) is 23.6 Å². The standard InChI is InChI=1S/C11H13ClN2/c1-2-13-7-10-6-8-5-9(12)3-4-11(8)14-10/h3-6,13-14H,2,7H2,1H3. The molecule has 2 aromatic rings. The van der Waals surface area contributed by atoms with Gasteiger partial charge >= 0.3 is 0 Å². The second kappa shape index (κ2) is 4.03. The first-order chi connectivity index (χ1) is 6.79. The van der Waals surface area contributed by atoms with Gasteiger partial charge in [0.2, 0.25) is 0 Å². The fourth-order valence-corrected chi connectivity index (χ4v) is 1.70. The summed E-state index contributed by atoms with van der Waals surface area (Å²) in [4.78, 5) is 3.34. The Hall–Kier alpha value is -0.990. The van der Waals surface area contributed by atoms with E-state index in [2.05, 4.69) is 23.3 Å². The molecule has 0 spiro atoms. The van der Waals surface area contributed by atoms with Crippen molar-refractivity contribution in [3.05, 3.63) is 35.0 Å². The van der Waals surface area contributed by atoms with Crippen LogP contribution in [0.25, 0.3) is 10.9 Å². The van der Waals surface area contributed by atoms with Gasteiger partial charge < -0.3 is 10.3 Å². The van der Waals surface area contributed by atoms with Crippen LogP contribution in [0.5, 0.6) is 0 Å². The van der Waals surface area contributed by atoms with Crippen molar-refractivity contribution in [2.75, 3.05) is 6.54 Å². The number of halogens is 1. The molecule has 0 saturated heterocycles. The average Bonchev–Trinajstić information content (AvgIpc) is 2.56. The highest BCUT2D eigenvalue weighted by Crippen LogP contribution is 2.19. The largest absolute Gasteiger partial charge is 0.357 e. The maximum atomic E-state index is 5.90. The summed E-state index contributed by atoms with van der Waals surface area (Å²) < 4.78 is 0. The molecule has 2 rings (SSSR count). The Bertz CT molecular complexity index is 434. The first-order valence-corrected chi connectivity index (χ1v) is 5.15. The van der Waals surface area contributed by atoms with Crippen molar-refractivity contribution in [2.45, 2.75) is 13.5 Å². The highest BCUT2D eigenvalue weighted by atomic mass is 35.5. The zero-order valence-electron chi connectivity index (χ0n) is 8.10. The van der Waals surface area contributed by atoms with Crippen LogP contribution in [0.1, 0.15) is 12.6 Å². The molecular formula is C11H13ClN2. The third-order valence-corrected chi connectivity index (χ3v) is 2.44. The van der Waals surface area contributed by atoms with E-state index in [0.29, 0.717) is 0 Å². The number of aromatic amines is 1. The van der Waals surface area contributed by atoms with Crippen LogP contribution in [0, 0.1) is 0 Å². The Labute approximate surface area is 88.3 Å². The quantitative estimate of drug-likeness (QED) is 0.798. The summed E-state index contributed by atoms with van der Waals surface area (Å²) in [5.41, 5.74) is 2.34. The van der Waals surface area contributed by atoms with Gasteiger partial charge in [-0.1, -0.05) is 18.5 Å². The predicted molar refractivity (Wildman–Crippen MR) is 60.7 cm³/mol. The predicted octanol–water partition coefficient (Wildman–Crippen LogP) is 2.93. The lowest BCUT2D eigenvalue weighted by Crippen LogP contribution is -2.11. The number of hydrogen-bond acceptors (Lipinski definition) is 1. The lowest BCUT2D eigenvalue weighted by Gasteiger charge is -1.96. The average molecular weight is 209 g/mol. The van der Waals surface area contributed by atoms with E-state index >= 15 is 0 Å². The molecule has 0 aliphatic heterocycles. The van der Waals surface area contributed by atoms with Crippen LogP contribution >= 0.6 is 11.6 Å². The van der Waals surface area contributed by atoms with Gasteiger partial charge in [0.15, 0.2) is 0 Å². The Morgan fingerprint density at radius 1 is 1.36 bits per heavy atom. The van der Waals surface area contributed by atoms with E-state index in [1.165, 1.54) is 11.1 Å². The van der Waals surface area contributed by atoms with Gasteiger partial charge in [-0.2, -0.15) is 0 Å². The fourth-order valence-electron chi connectivity index (χ4n) is 1.52. The highest BCUT2D eigenvalue weighted by Gasteiger charge is 2.00. The zero-order valence-corrected chi connectivity index (χ0v) is 8.86. The van der Waals surface area contributed by atoms with E-state index in [-0.39, 0.29) is 0 Å². The molecule has 1 aromatic heterocycles. The molecule has 2 nitrogen and oxygen atoms in total. The molecule has 14 heavy (non-hydrogen) atoms. The van der Waals surface area contributed by atoms with Crippen LogP contribution in [0.2, 0.25) is 5.02 Å². The van der Waals surface area contributed by atoms with E-state index in [1.807, 2.05) is 18.2 Å². The van der Waals surface area contributed by atoms with Crippen LogP contribution < -0.4 is 5.32 Å². The molecule has 1 heterocycles. The Kier molecular flexibility index (Phi) is 2.75. The summed E-state index contributed by atoms with van der Waals surface area (Å²) in [7, 11) is 0. The molecule has 1 aromatic carbocycles. The first kappa shape index (κ1) is 9.56. The number of fused-ring (bicyclic) bond motifs is 1. The van der Waals surface area contributed by atoms with Gasteiger partial charge in [-0.15, -0.1) is 0 Å². The van der Waals surface area contributed by atoms with Gasteiger partial charge in [-0.05, 0) is 30.8 Å². The van der Waals surface area contributed by atoms with Crippen molar-refractivity contribution in [1.29, 1.82) is 0 Å². The molecule has 2 N–H and O–H groups in total. The van der Waals surface area contributed by atoms with Gasteiger partial charge in [0.25, 0.3) is 0 Å². The maximum absolute atomic E-state index is 5.90. The molecule has 74 valence electrons. The van der Waals surface area contributed by atoms with Crippen LogP contribution in [0.3, 0.4) is 0 Å². The molecule has 3 heteroatoms. The van der Waals surface area contributed by atoms with Crippen molar-refractivity contribution in [2.24, 2.45) is 0 Å². The summed E-state index contributed by atoms with van der Waals surface area (Å²) in [6.45, 7) is 3.96. The van der Waals surface area contributed by atoms with Crippen LogP contribution in [0.4, 0.5) is 0 Å². The molecule has 0 unspecified atom stereocenters. The number of benzene rings is 1. The molecule has 0 aliphatic rings. The second-order valence-corrected chi connectivity index (χ2v) is 3.74.